The number of hydrogen-bond donors (Lipinski definition) is 2. The molecule has 0 radical (unpaired) electrons. The van der Waals surface area contributed by atoms with Crippen molar-refractivity contribution in [2.45, 2.75) is 25.6 Å². The number of carbonyl (C=O) groups is 1. The van der Waals surface area contributed by atoms with Crippen LogP contribution in [0.1, 0.15) is 16.8 Å². The van der Waals surface area contributed by atoms with E-state index < -0.39 is 40.7 Å². The first-order chi connectivity index (χ1) is 13.9. The van der Waals surface area contributed by atoms with Gasteiger partial charge in [0.05, 0.1) is 22.8 Å². The third kappa shape index (κ3) is 3.78. The number of carboxylic acid groups (broad SMARTS) is 1. The average Bonchev–Trinajstić information content (AvgIpc) is 2.65. The van der Waals surface area contributed by atoms with E-state index in [1.165, 1.54) is 26.1 Å². The predicted molar refractivity (Wildman–Crippen MR) is 101 cm³/mol. The molecule has 3 aromatic rings. The Kier molecular flexibility index (Phi) is 5.38. The molecular weight excluding hydrogens is 406 g/mol. The lowest BCUT2D eigenvalue weighted by atomic mass is 9.93. The van der Waals surface area contributed by atoms with Crippen LogP contribution in [0, 0.1) is 12.7 Å². The van der Waals surface area contributed by atoms with E-state index in [9.17, 15) is 27.2 Å². The summed E-state index contributed by atoms with van der Waals surface area (Å²) in [6, 6.07) is 3.17. The summed E-state index contributed by atoms with van der Waals surface area (Å²) < 4.78 is 56.1. The number of hydrogen-bond acceptors (Lipinski definition) is 4. The fraction of sp³-hybridized carbons (Fsp3) is 0.250. The zero-order chi connectivity index (χ0) is 22.4. The first kappa shape index (κ1) is 21.4. The number of aryl methyl sites for hydroxylation is 1. The Balaban J connectivity index is 2.38. The Labute approximate surface area is 167 Å². The Bertz CT molecular complexity index is 1220. The van der Waals surface area contributed by atoms with E-state index >= 15 is 0 Å². The molecule has 0 unspecified atom stereocenters. The smallest absolute Gasteiger partial charge is 0.417 e. The minimum atomic E-state index is -4.82. The fourth-order valence-corrected chi connectivity index (χ4v) is 3.26. The second-order valence-electron chi connectivity index (χ2n) is 6.91. The quantitative estimate of drug-likeness (QED) is 0.629. The zero-order valence-electron chi connectivity index (χ0n) is 15.9. The number of rotatable bonds is 4. The topological polar surface area (TPSA) is 98.2 Å². The van der Waals surface area contributed by atoms with Crippen LogP contribution in [-0.2, 0) is 24.4 Å². The molecule has 0 bridgehead atoms. The number of halogens is 4. The molecule has 0 saturated carbocycles. The molecule has 0 aliphatic heterocycles. The van der Waals surface area contributed by atoms with Crippen molar-refractivity contribution >= 4 is 16.9 Å². The highest BCUT2D eigenvalue weighted by Crippen LogP contribution is 2.38. The van der Waals surface area contributed by atoms with Crippen LogP contribution < -0.4 is 11.3 Å². The Morgan fingerprint density at radius 1 is 1.30 bits per heavy atom. The van der Waals surface area contributed by atoms with Crippen LogP contribution in [0.5, 0.6) is 0 Å². The van der Waals surface area contributed by atoms with Gasteiger partial charge in [-0.1, -0.05) is 12.1 Å². The zero-order valence-corrected chi connectivity index (χ0v) is 15.9. The van der Waals surface area contributed by atoms with E-state index in [0.717, 1.165) is 22.9 Å². The van der Waals surface area contributed by atoms with E-state index in [1.807, 2.05) is 0 Å². The summed E-state index contributed by atoms with van der Waals surface area (Å²) >= 11 is 0. The highest BCUT2D eigenvalue weighted by molar-refractivity contribution is 5.96. The summed E-state index contributed by atoms with van der Waals surface area (Å²) in [7, 11) is 1.34. The number of aromatic nitrogens is 2. The summed E-state index contributed by atoms with van der Waals surface area (Å²) in [4.78, 5) is 27.8. The molecule has 3 rings (SSSR count). The summed E-state index contributed by atoms with van der Waals surface area (Å²) in [5.74, 6) is -2.05. The number of aliphatic carboxylic acids is 1. The van der Waals surface area contributed by atoms with Gasteiger partial charge in [-0.15, -0.1) is 0 Å². The van der Waals surface area contributed by atoms with Crippen LogP contribution >= 0.6 is 0 Å². The molecule has 0 spiro atoms. The van der Waals surface area contributed by atoms with E-state index in [1.54, 1.807) is 0 Å². The van der Waals surface area contributed by atoms with Crippen molar-refractivity contribution < 1.29 is 27.5 Å². The molecule has 6 nitrogen and oxygen atoms in total. The number of pyridine rings is 2. The number of alkyl halides is 3. The highest BCUT2D eigenvalue weighted by Gasteiger charge is 2.36. The molecule has 0 fully saturated rings. The summed E-state index contributed by atoms with van der Waals surface area (Å²) in [6.07, 6.45) is -4.20. The van der Waals surface area contributed by atoms with Crippen molar-refractivity contribution in [1.82, 2.24) is 9.55 Å². The molecule has 0 aliphatic carbocycles. The Hall–Kier alpha value is -3.27. The standard InChI is InChI=1S/C20H17F4N3O3/c1-9-5-14(20(22,23)24)16(18(28)27(9)2)12-4-3-10(6-15(25)19(29)30)13-7-11(21)8-26-17(12)13/h3-5,7-8,15H,6,25H2,1-2H3,(H,29,30)/t15-/m0/s1. The number of carboxylic acids is 1. The number of benzene rings is 1. The van der Waals surface area contributed by atoms with Gasteiger partial charge in [0, 0.05) is 23.7 Å². The summed E-state index contributed by atoms with van der Waals surface area (Å²) in [6.45, 7) is 1.38. The molecule has 0 amide bonds. The van der Waals surface area contributed by atoms with Gasteiger partial charge in [0.1, 0.15) is 11.9 Å². The van der Waals surface area contributed by atoms with E-state index in [2.05, 4.69) is 4.98 Å². The van der Waals surface area contributed by atoms with Crippen molar-refractivity contribution in [3.63, 3.8) is 0 Å². The van der Waals surface area contributed by atoms with Gasteiger partial charge in [-0.25, -0.2) is 4.39 Å². The van der Waals surface area contributed by atoms with Crippen molar-refractivity contribution in [2.75, 3.05) is 0 Å². The van der Waals surface area contributed by atoms with Gasteiger partial charge in [0.15, 0.2) is 0 Å². The van der Waals surface area contributed by atoms with Crippen LogP contribution in [0.25, 0.3) is 22.0 Å². The normalized spacial score (nSPS) is 12.9. The summed E-state index contributed by atoms with van der Waals surface area (Å²) in [5.41, 5.74) is 3.13. The average molecular weight is 423 g/mol. The van der Waals surface area contributed by atoms with Crippen LogP contribution in [0.2, 0.25) is 0 Å². The van der Waals surface area contributed by atoms with Gasteiger partial charge in [-0.05, 0) is 31.0 Å². The minimum Gasteiger partial charge on any atom is -0.480 e. The van der Waals surface area contributed by atoms with Crippen molar-refractivity contribution in [3.8, 4) is 11.1 Å². The third-order valence-corrected chi connectivity index (χ3v) is 4.91. The SMILES string of the molecule is Cc1cc(C(F)(F)F)c(-c2ccc(C[C@H](N)C(=O)O)c3cc(F)cnc23)c(=O)n1C. The minimum absolute atomic E-state index is 0.0575. The molecule has 158 valence electrons. The van der Waals surface area contributed by atoms with Crippen molar-refractivity contribution in [1.29, 1.82) is 0 Å². The molecule has 0 aliphatic rings. The first-order valence-electron chi connectivity index (χ1n) is 8.75. The van der Waals surface area contributed by atoms with Crippen molar-refractivity contribution in [2.24, 2.45) is 12.8 Å². The van der Waals surface area contributed by atoms with E-state index in [4.69, 9.17) is 10.8 Å². The Morgan fingerprint density at radius 3 is 2.57 bits per heavy atom. The largest absolute Gasteiger partial charge is 0.480 e. The fourth-order valence-electron chi connectivity index (χ4n) is 3.26. The number of nitrogens with two attached hydrogens (primary N) is 1. The van der Waals surface area contributed by atoms with Crippen LogP contribution in [0.4, 0.5) is 17.6 Å². The molecule has 1 aromatic carbocycles. The lowest BCUT2D eigenvalue weighted by Gasteiger charge is -2.18. The number of nitrogens with zero attached hydrogens (tertiary/aromatic N) is 2. The van der Waals surface area contributed by atoms with Gasteiger partial charge in [0.25, 0.3) is 5.56 Å². The van der Waals surface area contributed by atoms with E-state index in [0.29, 0.717) is 0 Å². The highest BCUT2D eigenvalue weighted by atomic mass is 19.4. The van der Waals surface area contributed by atoms with Gasteiger partial charge in [0.2, 0.25) is 0 Å². The third-order valence-electron chi connectivity index (χ3n) is 4.91. The maximum atomic E-state index is 13.9. The van der Waals surface area contributed by atoms with Gasteiger partial charge in [-0.3, -0.25) is 14.6 Å². The monoisotopic (exact) mass is 423 g/mol. The first-order valence-corrected chi connectivity index (χ1v) is 8.75. The molecule has 10 heteroatoms. The van der Waals surface area contributed by atoms with Crippen LogP contribution in [0.15, 0.2) is 35.3 Å². The maximum absolute atomic E-state index is 13.9. The Morgan fingerprint density at radius 2 is 1.97 bits per heavy atom. The second kappa shape index (κ2) is 7.52. The van der Waals surface area contributed by atoms with Crippen LogP contribution in [0.3, 0.4) is 0 Å². The second-order valence-corrected chi connectivity index (χ2v) is 6.91. The van der Waals surface area contributed by atoms with Gasteiger partial charge in [-0.2, -0.15) is 13.2 Å². The van der Waals surface area contributed by atoms with Crippen LogP contribution in [-0.4, -0.2) is 26.7 Å². The molecule has 2 heterocycles. The lowest BCUT2D eigenvalue weighted by molar-refractivity contribution is -0.138. The van der Waals surface area contributed by atoms with E-state index in [-0.39, 0.29) is 34.1 Å². The van der Waals surface area contributed by atoms with Gasteiger partial charge < -0.3 is 15.4 Å². The van der Waals surface area contributed by atoms with Crippen molar-refractivity contribution in [3.05, 3.63) is 63.5 Å². The summed E-state index contributed by atoms with van der Waals surface area (Å²) in [5, 5.41) is 9.12. The maximum Gasteiger partial charge on any atom is 0.417 e. The van der Waals surface area contributed by atoms with Gasteiger partial charge >= 0.3 is 12.1 Å². The molecular formula is C20H17F4N3O3. The predicted octanol–water partition coefficient (Wildman–Crippen LogP) is 3.02. The number of fused-ring (bicyclic) bond motifs is 1. The molecule has 2 aromatic heterocycles. The lowest BCUT2D eigenvalue weighted by Crippen LogP contribution is -2.32. The molecule has 0 saturated heterocycles. The molecule has 1 atom stereocenters. The molecule has 3 N–H and O–H groups in total. The molecule has 30 heavy (non-hydrogen) atoms.